The average Bonchev–Trinajstić information content (AvgIpc) is 2.79. The number of aliphatic imine (C=N–C) groups is 1. The molecule has 0 aliphatic carbocycles. The number of terminal acetylenes is 1. The van der Waals surface area contributed by atoms with E-state index in [9.17, 15) is 9.18 Å². The molecular weight excluding hydrogens is 417 g/mol. The molecule has 1 aliphatic heterocycles. The highest BCUT2D eigenvalue weighted by Crippen LogP contribution is 2.42. The molecule has 9 heteroatoms. The van der Waals surface area contributed by atoms with Crippen LogP contribution >= 0.6 is 11.8 Å². The first-order valence-electron chi connectivity index (χ1n) is 9.12. The highest BCUT2D eigenvalue weighted by Gasteiger charge is 2.41. The Labute approximate surface area is 183 Å². The van der Waals surface area contributed by atoms with E-state index in [-0.39, 0.29) is 28.1 Å². The minimum absolute atomic E-state index is 0.108. The number of amides is 1. The van der Waals surface area contributed by atoms with Crippen LogP contribution in [-0.2, 0) is 10.3 Å². The average molecular weight is 438 g/mol. The first kappa shape index (κ1) is 22.1. The summed E-state index contributed by atoms with van der Waals surface area (Å²) in [4.78, 5) is 20.9. The van der Waals surface area contributed by atoms with Crippen LogP contribution in [0.3, 0.4) is 0 Å². The summed E-state index contributed by atoms with van der Waals surface area (Å²) in [5, 5.41) is 9.75. The third kappa shape index (κ3) is 4.59. The normalized spacial score (nSPS) is 20.2. The lowest BCUT2D eigenvalue weighted by Gasteiger charge is -2.34. The molecule has 0 bridgehead atoms. The van der Waals surface area contributed by atoms with Crippen molar-refractivity contribution < 1.29 is 13.9 Å². The van der Waals surface area contributed by atoms with Crippen LogP contribution in [0.15, 0.2) is 53.9 Å². The quantitative estimate of drug-likeness (QED) is 0.365. The van der Waals surface area contributed by atoms with E-state index in [2.05, 4.69) is 27.8 Å². The molecule has 7 nitrogen and oxygen atoms in total. The van der Waals surface area contributed by atoms with Crippen LogP contribution in [0.25, 0.3) is 0 Å². The zero-order valence-electron chi connectivity index (χ0n) is 16.7. The van der Waals surface area contributed by atoms with Gasteiger partial charge in [-0.1, -0.05) is 24.3 Å². The Morgan fingerprint density at radius 3 is 2.90 bits per heavy atom. The molecule has 1 aromatic carbocycles. The van der Waals surface area contributed by atoms with Crippen LogP contribution in [0.2, 0.25) is 0 Å². The third-order valence-electron chi connectivity index (χ3n) is 4.76. The summed E-state index contributed by atoms with van der Waals surface area (Å²) in [5.74, 6) is 1.96. The molecule has 4 N–H and O–H groups in total. The lowest BCUT2D eigenvalue weighted by atomic mass is 9.85. The number of hydrogen-bond donors (Lipinski definition) is 3. The summed E-state index contributed by atoms with van der Waals surface area (Å²) in [6.45, 7) is 3.86. The van der Waals surface area contributed by atoms with Crippen molar-refractivity contribution in [2.75, 3.05) is 12.4 Å². The molecule has 2 unspecified atom stereocenters. The number of nitrogens with two attached hydrogens (primary N) is 1. The highest BCUT2D eigenvalue weighted by molar-refractivity contribution is 8.14. The van der Waals surface area contributed by atoms with Crippen molar-refractivity contribution in [1.82, 2.24) is 4.98 Å². The molecule has 1 amide bonds. The Morgan fingerprint density at radius 1 is 1.52 bits per heavy atom. The lowest BCUT2D eigenvalue weighted by Crippen LogP contribution is -2.36. The number of benzene rings is 1. The number of nitrogens with zero attached hydrogens (tertiary/aromatic N) is 2. The predicted molar refractivity (Wildman–Crippen MR) is 121 cm³/mol. The number of carbonyl (C=O) groups excluding carboxylic acids is 1. The van der Waals surface area contributed by atoms with Gasteiger partial charge in [-0.2, -0.15) is 0 Å². The van der Waals surface area contributed by atoms with Crippen LogP contribution in [0.5, 0.6) is 0 Å². The number of amidine groups is 1. The molecule has 2 heterocycles. The standard InChI is InChI=1S/C22H20FN5O2S/c1-4-22(10-19(13(2)30-3)31-21(25)28-22)16-9-15(6-7-17(16)23)27-20(29)18-8-5-14(11-24)12-26-18/h1,5-9,11-12,19,24H,2,10H2,3H3,(H2,25,28)(H,27,29). The molecule has 0 radical (unpaired) electrons. The van der Waals surface area contributed by atoms with E-state index >= 15 is 0 Å². The van der Waals surface area contributed by atoms with Crippen molar-refractivity contribution in [3.05, 3.63) is 71.5 Å². The number of rotatable bonds is 6. The van der Waals surface area contributed by atoms with Crippen LogP contribution in [0, 0.1) is 23.6 Å². The van der Waals surface area contributed by atoms with E-state index in [0.29, 0.717) is 17.0 Å². The van der Waals surface area contributed by atoms with Crippen molar-refractivity contribution >= 4 is 34.7 Å². The second-order valence-corrected chi connectivity index (χ2v) is 7.93. The van der Waals surface area contributed by atoms with Gasteiger partial charge in [-0.25, -0.2) is 9.38 Å². The molecule has 2 atom stereocenters. The maximum atomic E-state index is 14.9. The molecule has 3 rings (SSSR count). The van der Waals surface area contributed by atoms with E-state index in [1.54, 1.807) is 6.07 Å². The van der Waals surface area contributed by atoms with Gasteiger partial charge < -0.3 is 21.2 Å². The lowest BCUT2D eigenvalue weighted by molar-refractivity contribution is 0.102. The van der Waals surface area contributed by atoms with Gasteiger partial charge in [0.2, 0.25) is 0 Å². The third-order valence-corrected chi connectivity index (χ3v) is 5.81. The molecular formula is C22H20FN5O2S. The second-order valence-electron chi connectivity index (χ2n) is 6.71. The molecule has 0 spiro atoms. The number of thioether (sulfide) groups is 1. The summed E-state index contributed by atoms with van der Waals surface area (Å²) in [6.07, 6.45) is 8.56. The largest absolute Gasteiger partial charge is 0.501 e. The van der Waals surface area contributed by atoms with E-state index < -0.39 is 17.3 Å². The fourth-order valence-corrected chi connectivity index (χ4v) is 4.16. The van der Waals surface area contributed by atoms with Gasteiger partial charge >= 0.3 is 0 Å². The number of pyridine rings is 1. The van der Waals surface area contributed by atoms with Gasteiger partial charge in [-0.3, -0.25) is 9.78 Å². The van der Waals surface area contributed by atoms with Crippen LogP contribution in [0.4, 0.5) is 10.1 Å². The van der Waals surface area contributed by atoms with Gasteiger partial charge in [0.1, 0.15) is 17.3 Å². The van der Waals surface area contributed by atoms with Crippen molar-refractivity contribution in [1.29, 1.82) is 5.41 Å². The Morgan fingerprint density at radius 2 is 2.29 bits per heavy atom. The maximum Gasteiger partial charge on any atom is 0.274 e. The smallest absolute Gasteiger partial charge is 0.274 e. The number of anilines is 1. The topological polar surface area (TPSA) is 113 Å². The second kappa shape index (κ2) is 9.02. The molecule has 31 heavy (non-hydrogen) atoms. The summed E-state index contributed by atoms with van der Waals surface area (Å²) in [6, 6.07) is 7.16. The number of carbonyl (C=O) groups is 1. The molecule has 158 valence electrons. The van der Waals surface area contributed by atoms with Crippen molar-refractivity contribution in [2.45, 2.75) is 17.2 Å². The van der Waals surface area contributed by atoms with Gasteiger partial charge in [-0.15, -0.1) is 6.42 Å². The van der Waals surface area contributed by atoms with E-state index in [0.717, 1.165) is 6.21 Å². The van der Waals surface area contributed by atoms with Gasteiger partial charge in [-0.05, 0) is 30.3 Å². The van der Waals surface area contributed by atoms with Crippen LogP contribution < -0.4 is 11.1 Å². The minimum Gasteiger partial charge on any atom is -0.501 e. The summed E-state index contributed by atoms with van der Waals surface area (Å²) >= 11 is 1.24. The fraction of sp³-hybridized carbons (Fsp3) is 0.182. The monoisotopic (exact) mass is 437 g/mol. The number of hydrogen-bond acceptors (Lipinski definition) is 7. The van der Waals surface area contributed by atoms with Gasteiger partial charge in [0, 0.05) is 35.6 Å². The van der Waals surface area contributed by atoms with E-state index in [4.69, 9.17) is 22.3 Å². The van der Waals surface area contributed by atoms with Gasteiger partial charge in [0.15, 0.2) is 10.7 Å². The first-order valence-corrected chi connectivity index (χ1v) is 10.0. The number of aromatic nitrogens is 1. The highest BCUT2D eigenvalue weighted by atomic mass is 32.2. The van der Waals surface area contributed by atoms with Gasteiger partial charge in [0.05, 0.1) is 12.4 Å². The number of ether oxygens (including phenoxy) is 1. The summed E-state index contributed by atoms with van der Waals surface area (Å²) < 4.78 is 20.1. The Balaban J connectivity index is 1.94. The van der Waals surface area contributed by atoms with Crippen molar-refractivity contribution in [3.8, 4) is 12.3 Å². The van der Waals surface area contributed by atoms with Crippen molar-refractivity contribution in [3.63, 3.8) is 0 Å². The molecule has 0 saturated heterocycles. The van der Waals surface area contributed by atoms with Crippen LogP contribution in [0.1, 0.15) is 28.0 Å². The van der Waals surface area contributed by atoms with Crippen LogP contribution in [-0.4, -0.2) is 34.6 Å². The SMILES string of the molecule is C#CC1(c2cc(NC(=O)c3ccc(C=N)cn3)ccc2F)CC(C(=C)OC)SC(N)=N1. The zero-order valence-corrected chi connectivity index (χ0v) is 17.5. The Hall–Kier alpha value is -3.64. The summed E-state index contributed by atoms with van der Waals surface area (Å²) in [7, 11) is 1.49. The number of halogens is 1. The Kier molecular flexibility index (Phi) is 6.42. The van der Waals surface area contributed by atoms with Crippen molar-refractivity contribution in [2.24, 2.45) is 10.7 Å². The van der Waals surface area contributed by atoms with E-state index in [1.165, 1.54) is 49.3 Å². The number of methoxy groups -OCH3 is 1. The molecule has 1 aliphatic rings. The maximum absolute atomic E-state index is 14.9. The molecule has 0 fully saturated rings. The van der Waals surface area contributed by atoms with Gasteiger partial charge in [0.25, 0.3) is 5.91 Å². The predicted octanol–water partition coefficient (Wildman–Crippen LogP) is 3.28. The summed E-state index contributed by atoms with van der Waals surface area (Å²) in [5.41, 5.74) is 5.74. The molecule has 1 aromatic heterocycles. The Bertz CT molecular complexity index is 1110. The first-order chi connectivity index (χ1) is 14.8. The minimum atomic E-state index is -1.38. The molecule has 0 saturated carbocycles. The fourth-order valence-electron chi connectivity index (χ4n) is 3.11. The number of nitrogens with one attached hydrogen (secondary N) is 2. The zero-order chi connectivity index (χ0) is 22.6. The molecule has 2 aromatic rings. The van der Waals surface area contributed by atoms with E-state index in [1.807, 2.05) is 0 Å².